The van der Waals surface area contributed by atoms with Crippen LogP contribution in [0.4, 0.5) is 0 Å². The third kappa shape index (κ3) is 4.34. The number of aromatic nitrogens is 1. The number of hydrogen-bond acceptors (Lipinski definition) is 2. The number of carbonyl (C=O) groups excluding carboxylic acids is 2. The summed E-state index contributed by atoms with van der Waals surface area (Å²) in [4.78, 5) is 27.4. The van der Waals surface area contributed by atoms with Crippen molar-refractivity contribution in [2.45, 2.75) is 38.3 Å². The maximum absolute atomic E-state index is 12.9. The molecule has 4 rings (SSSR count). The minimum atomic E-state index is -0.371. The Labute approximate surface area is 171 Å². The highest BCUT2D eigenvalue weighted by molar-refractivity contribution is 5.97. The van der Waals surface area contributed by atoms with E-state index in [-0.39, 0.29) is 17.9 Å². The lowest BCUT2D eigenvalue weighted by Crippen LogP contribution is -2.52. The SMILES string of the molecule is O=C(NCCCn1ccc2ccccc21)C1CCCCN1C(=O)c1ccccc1. The van der Waals surface area contributed by atoms with Gasteiger partial charge in [0.1, 0.15) is 6.04 Å². The molecule has 5 nitrogen and oxygen atoms in total. The van der Waals surface area contributed by atoms with Crippen LogP contribution in [0.5, 0.6) is 0 Å². The lowest BCUT2D eigenvalue weighted by atomic mass is 10.00. The summed E-state index contributed by atoms with van der Waals surface area (Å²) in [7, 11) is 0. The van der Waals surface area contributed by atoms with Gasteiger partial charge in [0.15, 0.2) is 0 Å². The van der Waals surface area contributed by atoms with Crippen molar-refractivity contribution in [1.29, 1.82) is 0 Å². The zero-order valence-corrected chi connectivity index (χ0v) is 16.6. The van der Waals surface area contributed by atoms with Crippen LogP contribution >= 0.6 is 0 Å². The molecular formula is C24H27N3O2. The molecule has 29 heavy (non-hydrogen) atoms. The van der Waals surface area contributed by atoms with Crippen molar-refractivity contribution in [2.24, 2.45) is 0 Å². The van der Waals surface area contributed by atoms with Crippen LogP contribution in [0, 0.1) is 0 Å². The molecule has 1 unspecified atom stereocenters. The second-order valence-corrected chi connectivity index (χ2v) is 7.59. The van der Waals surface area contributed by atoms with Crippen LogP contribution in [0.15, 0.2) is 66.9 Å². The molecule has 0 aliphatic carbocycles. The van der Waals surface area contributed by atoms with Gasteiger partial charge < -0.3 is 14.8 Å². The molecule has 2 amide bonds. The average molecular weight is 389 g/mol. The summed E-state index contributed by atoms with van der Waals surface area (Å²) in [5, 5.41) is 4.28. The predicted octanol–water partition coefficient (Wildman–Crippen LogP) is 3.84. The highest BCUT2D eigenvalue weighted by Gasteiger charge is 2.32. The molecule has 0 saturated carbocycles. The van der Waals surface area contributed by atoms with Crippen molar-refractivity contribution in [3.8, 4) is 0 Å². The van der Waals surface area contributed by atoms with E-state index in [1.807, 2.05) is 42.5 Å². The van der Waals surface area contributed by atoms with Crippen LogP contribution in [0.3, 0.4) is 0 Å². The highest BCUT2D eigenvalue weighted by atomic mass is 16.2. The zero-order valence-electron chi connectivity index (χ0n) is 16.6. The summed E-state index contributed by atoms with van der Waals surface area (Å²) in [5.74, 6) is -0.0874. The number of benzene rings is 2. The molecular weight excluding hydrogens is 362 g/mol. The quantitative estimate of drug-likeness (QED) is 0.651. The monoisotopic (exact) mass is 389 g/mol. The molecule has 0 spiro atoms. The van der Waals surface area contributed by atoms with Gasteiger partial charge in [0.05, 0.1) is 0 Å². The minimum absolute atomic E-state index is 0.0358. The van der Waals surface area contributed by atoms with Crippen LogP contribution in [-0.4, -0.2) is 40.4 Å². The van der Waals surface area contributed by atoms with Crippen molar-refractivity contribution in [1.82, 2.24) is 14.8 Å². The Morgan fingerprint density at radius 2 is 1.76 bits per heavy atom. The van der Waals surface area contributed by atoms with Gasteiger partial charge in [-0.25, -0.2) is 0 Å². The molecule has 1 fully saturated rings. The lowest BCUT2D eigenvalue weighted by molar-refractivity contribution is -0.126. The van der Waals surface area contributed by atoms with Crippen LogP contribution in [0.25, 0.3) is 10.9 Å². The number of aryl methyl sites for hydroxylation is 1. The van der Waals surface area contributed by atoms with Gasteiger partial charge in [-0.05, 0) is 55.3 Å². The van der Waals surface area contributed by atoms with E-state index < -0.39 is 0 Å². The number of piperidine rings is 1. The summed E-state index contributed by atoms with van der Waals surface area (Å²) in [6.45, 7) is 2.10. The largest absolute Gasteiger partial charge is 0.354 e. The number of para-hydroxylation sites is 1. The molecule has 1 aromatic heterocycles. The van der Waals surface area contributed by atoms with Crippen LogP contribution in [-0.2, 0) is 11.3 Å². The summed E-state index contributed by atoms with van der Waals surface area (Å²) in [6.07, 6.45) is 5.60. The first-order valence-corrected chi connectivity index (χ1v) is 10.4. The molecule has 1 N–H and O–H groups in total. The molecule has 0 bridgehead atoms. The van der Waals surface area contributed by atoms with E-state index in [1.54, 1.807) is 4.90 Å². The second-order valence-electron chi connectivity index (χ2n) is 7.59. The number of carbonyl (C=O) groups is 2. The molecule has 0 radical (unpaired) electrons. The fourth-order valence-corrected chi connectivity index (χ4v) is 4.11. The highest BCUT2D eigenvalue weighted by Crippen LogP contribution is 2.20. The summed E-state index contributed by atoms with van der Waals surface area (Å²) in [5.41, 5.74) is 1.86. The van der Waals surface area contributed by atoms with Crippen molar-refractivity contribution in [2.75, 3.05) is 13.1 Å². The number of likely N-dealkylation sites (tertiary alicyclic amines) is 1. The topological polar surface area (TPSA) is 54.3 Å². The van der Waals surface area contributed by atoms with Gasteiger partial charge >= 0.3 is 0 Å². The summed E-state index contributed by atoms with van der Waals surface area (Å²) >= 11 is 0. The van der Waals surface area contributed by atoms with Gasteiger partial charge in [-0.15, -0.1) is 0 Å². The van der Waals surface area contributed by atoms with Crippen LogP contribution in [0.1, 0.15) is 36.0 Å². The Balaban J connectivity index is 1.32. The number of fused-ring (bicyclic) bond motifs is 1. The Morgan fingerprint density at radius 1 is 0.966 bits per heavy atom. The van der Waals surface area contributed by atoms with E-state index >= 15 is 0 Å². The average Bonchev–Trinajstić information content (AvgIpc) is 3.20. The second kappa shape index (κ2) is 8.95. The van der Waals surface area contributed by atoms with Crippen molar-refractivity contribution >= 4 is 22.7 Å². The van der Waals surface area contributed by atoms with Gasteiger partial charge in [-0.3, -0.25) is 9.59 Å². The summed E-state index contributed by atoms with van der Waals surface area (Å²) in [6, 6.07) is 19.3. The smallest absolute Gasteiger partial charge is 0.254 e. The molecule has 1 aliphatic rings. The third-order valence-electron chi connectivity index (χ3n) is 5.64. The van der Waals surface area contributed by atoms with E-state index in [2.05, 4.69) is 34.3 Å². The van der Waals surface area contributed by atoms with Gasteiger partial charge in [0.2, 0.25) is 5.91 Å². The number of nitrogens with zero attached hydrogens (tertiary/aromatic N) is 2. The van der Waals surface area contributed by atoms with Gasteiger partial charge in [-0.1, -0.05) is 36.4 Å². The molecule has 2 heterocycles. The van der Waals surface area contributed by atoms with Gasteiger partial charge in [-0.2, -0.15) is 0 Å². The molecule has 1 aliphatic heterocycles. The van der Waals surface area contributed by atoms with Crippen LogP contribution in [0.2, 0.25) is 0 Å². The van der Waals surface area contributed by atoms with E-state index in [4.69, 9.17) is 0 Å². The van der Waals surface area contributed by atoms with E-state index in [9.17, 15) is 9.59 Å². The minimum Gasteiger partial charge on any atom is -0.354 e. The number of amides is 2. The van der Waals surface area contributed by atoms with E-state index in [1.165, 1.54) is 10.9 Å². The Bertz CT molecular complexity index is 980. The predicted molar refractivity (Wildman–Crippen MR) is 115 cm³/mol. The molecule has 1 saturated heterocycles. The normalized spacial score (nSPS) is 16.7. The maximum Gasteiger partial charge on any atom is 0.254 e. The van der Waals surface area contributed by atoms with Gasteiger partial charge in [0, 0.05) is 36.9 Å². The molecule has 2 aromatic carbocycles. The fourth-order valence-electron chi connectivity index (χ4n) is 4.11. The molecule has 5 heteroatoms. The van der Waals surface area contributed by atoms with Crippen molar-refractivity contribution in [3.63, 3.8) is 0 Å². The van der Waals surface area contributed by atoms with Crippen molar-refractivity contribution < 1.29 is 9.59 Å². The van der Waals surface area contributed by atoms with E-state index in [0.29, 0.717) is 18.7 Å². The number of nitrogens with one attached hydrogen (secondary N) is 1. The van der Waals surface area contributed by atoms with Gasteiger partial charge in [0.25, 0.3) is 5.91 Å². The fraction of sp³-hybridized carbons (Fsp3) is 0.333. The first-order chi connectivity index (χ1) is 14.2. The first-order valence-electron chi connectivity index (χ1n) is 10.4. The molecule has 3 aromatic rings. The number of rotatable bonds is 6. The van der Waals surface area contributed by atoms with Crippen LogP contribution < -0.4 is 5.32 Å². The third-order valence-corrected chi connectivity index (χ3v) is 5.64. The lowest BCUT2D eigenvalue weighted by Gasteiger charge is -2.34. The summed E-state index contributed by atoms with van der Waals surface area (Å²) < 4.78 is 2.22. The first kappa shape index (κ1) is 19.2. The Morgan fingerprint density at radius 3 is 2.62 bits per heavy atom. The van der Waals surface area contributed by atoms with Crippen molar-refractivity contribution in [3.05, 3.63) is 72.4 Å². The Hall–Kier alpha value is -3.08. The molecule has 150 valence electrons. The molecule has 1 atom stereocenters. The number of hydrogen-bond donors (Lipinski definition) is 1. The standard InChI is InChI=1S/C24H27N3O2/c28-23(25-15-8-16-26-18-14-19-9-4-5-12-21(19)26)22-13-6-7-17-27(22)24(29)20-10-2-1-3-11-20/h1-5,9-12,14,18,22H,6-8,13,15-17H2,(H,25,28). The zero-order chi connectivity index (χ0) is 20.1. The maximum atomic E-state index is 12.9. The van der Waals surface area contributed by atoms with E-state index in [0.717, 1.165) is 32.2 Å². The Kier molecular flexibility index (Phi) is 5.94.